The number of ether oxygens (including phenoxy) is 2. The molecule has 1 saturated heterocycles. The smallest absolute Gasteiger partial charge is 0.251 e. The van der Waals surface area contributed by atoms with Crippen LogP contribution in [0.4, 0.5) is 0 Å². The molecular weight excluding hydrogens is 370 g/mol. The Morgan fingerprint density at radius 2 is 2.11 bits per heavy atom. The second kappa shape index (κ2) is 8.83. The van der Waals surface area contributed by atoms with Gasteiger partial charge in [0.05, 0.1) is 20.3 Å². The van der Waals surface area contributed by atoms with E-state index in [1.54, 1.807) is 6.07 Å². The summed E-state index contributed by atoms with van der Waals surface area (Å²) in [4.78, 5) is 12.5. The lowest BCUT2D eigenvalue weighted by molar-refractivity contribution is 0.0729. The number of sulfonamides is 1. The van der Waals surface area contributed by atoms with Gasteiger partial charge in [-0.3, -0.25) is 4.79 Å². The molecule has 3 rings (SSSR count). The molecule has 0 bridgehead atoms. The van der Waals surface area contributed by atoms with E-state index in [0.29, 0.717) is 19.8 Å². The van der Waals surface area contributed by atoms with E-state index in [-0.39, 0.29) is 35.2 Å². The fraction of sp³-hybridized carbons (Fsp3) is 0.500. The summed E-state index contributed by atoms with van der Waals surface area (Å²) in [6.45, 7) is 3.42. The van der Waals surface area contributed by atoms with Crippen LogP contribution < -0.4 is 15.4 Å². The fourth-order valence-electron chi connectivity index (χ4n) is 3.07. The molecule has 2 aliphatic heterocycles. The van der Waals surface area contributed by atoms with Gasteiger partial charge < -0.3 is 20.1 Å². The van der Waals surface area contributed by atoms with Crippen LogP contribution in [0.2, 0.25) is 0 Å². The summed E-state index contributed by atoms with van der Waals surface area (Å²) >= 11 is 0. The van der Waals surface area contributed by atoms with E-state index in [1.807, 2.05) is 0 Å². The van der Waals surface area contributed by atoms with Crippen molar-refractivity contribution in [2.75, 3.05) is 53.0 Å². The third kappa shape index (κ3) is 4.67. The summed E-state index contributed by atoms with van der Waals surface area (Å²) in [6.07, 6.45) is 2.95. The van der Waals surface area contributed by atoms with Gasteiger partial charge in [0.2, 0.25) is 10.0 Å². The number of nitrogens with zero attached hydrogens (tertiary/aromatic N) is 1. The molecular formula is C18H25N3O5S. The molecule has 0 radical (unpaired) electrons. The van der Waals surface area contributed by atoms with Gasteiger partial charge in [0.15, 0.2) is 0 Å². The Kier molecular flexibility index (Phi) is 6.48. The first-order valence-corrected chi connectivity index (χ1v) is 10.4. The highest BCUT2D eigenvalue weighted by molar-refractivity contribution is 7.89. The largest absolute Gasteiger partial charge is 0.495 e. The second-order valence-electron chi connectivity index (χ2n) is 6.38. The average Bonchev–Trinajstić information content (AvgIpc) is 2.73. The van der Waals surface area contributed by atoms with Crippen LogP contribution in [0, 0.1) is 0 Å². The lowest BCUT2D eigenvalue weighted by Crippen LogP contribution is -2.40. The number of rotatable bonds is 6. The maximum Gasteiger partial charge on any atom is 0.251 e. The summed E-state index contributed by atoms with van der Waals surface area (Å²) in [6, 6.07) is 4.48. The van der Waals surface area contributed by atoms with Crippen molar-refractivity contribution in [1.82, 2.24) is 14.9 Å². The Hall–Kier alpha value is -1.94. The number of hydrogen-bond acceptors (Lipinski definition) is 6. The Morgan fingerprint density at radius 1 is 1.33 bits per heavy atom. The highest BCUT2D eigenvalue weighted by Gasteiger charge is 2.30. The van der Waals surface area contributed by atoms with E-state index in [1.165, 1.54) is 23.5 Å². The molecule has 1 aromatic rings. The third-order valence-corrected chi connectivity index (χ3v) is 6.57. The number of morpholine rings is 1. The summed E-state index contributed by atoms with van der Waals surface area (Å²) < 4.78 is 37.8. The zero-order chi connectivity index (χ0) is 19.3. The van der Waals surface area contributed by atoms with Gasteiger partial charge in [-0.2, -0.15) is 4.31 Å². The van der Waals surface area contributed by atoms with Gasteiger partial charge in [-0.1, -0.05) is 11.6 Å². The lowest BCUT2D eigenvalue weighted by atomic mass is 10.1. The predicted molar refractivity (Wildman–Crippen MR) is 100 cm³/mol. The van der Waals surface area contributed by atoms with Crippen LogP contribution in [0.25, 0.3) is 0 Å². The molecule has 2 heterocycles. The number of carbonyl (C=O) groups excluding carboxylic acids is 1. The molecule has 0 aliphatic carbocycles. The minimum atomic E-state index is -3.77. The Balaban J connectivity index is 1.80. The highest BCUT2D eigenvalue weighted by atomic mass is 32.2. The molecule has 0 unspecified atom stereocenters. The topological polar surface area (TPSA) is 97.0 Å². The Labute approximate surface area is 159 Å². The van der Waals surface area contributed by atoms with Crippen LogP contribution in [0.15, 0.2) is 34.7 Å². The number of hydrogen-bond donors (Lipinski definition) is 2. The minimum Gasteiger partial charge on any atom is -0.495 e. The minimum absolute atomic E-state index is 0.000585. The van der Waals surface area contributed by atoms with Gasteiger partial charge in [-0.25, -0.2) is 8.42 Å². The molecule has 27 heavy (non-hydrogen) atoms. The van der Waals surface area contributed by atoms with E-state index in [0.717, 1.165) is 25.1 Å². The zero-order valence-electron chi connectivity index (χ0n) is 15.4. The monoisotopic (exact) mass is 395 g/mol. The van der Waals surface area contributed by atoms with Crippen molar-refractivity contribution in [3.05, 3.63) is 35.4 Å². The van der Waals surface area contributed by atoms with Gasteiger partial charge in [-0.05, 0) is 31.2 Å². The quantitative estimate of drug-likeness (QED) is 0.676. The van der Waals surface area contributed by atoms with Crippen LogP contribution in [0.3, 0.4) is 0 Å². The molecule has 1 fully saturated rings. The standard InChI is InChI=1S/C18H25N3O5S/c1-25-16-3-2-15(18(22)20-13-14-4-6-19-7-5-14)12-17(16)27(23,24)21-8-10-26-11-9-21/h2-4,12,19H,5-11,13H2,1H3,(H,20,22). The zero-order valence-corrected chi connectivity index (χ0v) is 16.2. The van der Waals surface area contributed by atoms with Crippen molar-refractivity contribution >= 4 is 15.9 Å². The maximum absolute atomic E-state index is 13.0. The van der Waals surface area contributed by atoms with E-state index in [2.05, 4.69) is 16.7 Å². The number of methoxy groups -OCH3 is 1. The molecule has 0 atom stereocenters. The number of nitrogens with one attached hydrogen (secondary N) is 2. The molecule has 1 aromatic carbocycles. The lowest BCUT2D eigenvalue weighted by Gasteiger charge is -2.26. The predicted octanol–water partition coefficient (Wildman–Crippen LogP) is 0.366. The van der Waals surface area contributed by atoms with Crippen molar-refractivity contribution in [1.29, 1.82) is 0 Å². The van der Waals surface area contributed by atoms with E-state index >= 15 is 0 Å². The first-order valence-electron chi connectivity index (χ1n) is 8.95. The number of amides is 1. The van der Waals surface area contributed by atoms with Crippen LogP contribution >= 0.6 is 0 Å². The summed E-state index contributed by atoms with van der Waals surface area (Å²) in [7, 11) is -2.35. The average molecular weight is 395 g/mol. The SMILES string of the molecule is COc1ccc(C(=O)NCC2=CCNCC2)cc1S(=O)(=O)N1CCOCC1. The van der Waals surface area contributed by atoms with Gasteiger partial charge in [0, 0.05) is 31.7 Å². The molecule has 1 amide bonds. The number of carbonyl (C=O) groups is 1. The first kappa shape index (κ1) is 19.8. The summed E-state index contributed by atoms with van der Waals surface area (Å²) in [5.41, 5.74) is 1.45. The molecule has 0 aromatic heterocycles. The first-order chi connectivity index (χ1) is 13.0. The molecule has 0 spiro atoms. The van der Waals surface area contributed by atoms with E-state index < -0.39 is 10.0 Å². The van der Waals surface area contributed by atoms with Crippen LogP contribution in [-0.2, 0) is 14.8 Å². The van der Waals surface area contributed by atoms with Crippen molar-refractivity contribution in [2.24, 2.45) is 0 Å². The maximum atomic E-state index is 13.0. The molecule has 0 saturated carbocycles. The molecule has 8 nitrogen and oxygen atoms in total. The van der Waals surface area contributed by atoms with Crippen LogP contribution in [0.1, 0.15) is 16.8 Å². The highest BCUT2D eigenvalue weighted by Crippen LogP contribution is 2.28. The molecule has 148 valence electrons. The van der Waals surface area contributed by atoms with Gasteiger partial charge in [-0.15, -0.1) is 0 Å². The van der Waals surface area contributed by atoms with Gasteiger partial charge >= 0.3 is 0 Å². The van der Waals surface area contributed by atoms with Crippen molar-refractivity contribution < 1.29 is 22.7 Å². The van der Waals surface area contributed by atoms with Crippen molar-refractivity contribution in [3.63, 3.8) is 0 Å². The number of benzene rings is 1. The van der Waals surface area contributed by atoms with Gasteiger partial charge in [0.25, 0.3) is 5.91 Å². The molecule has 2 aliphatic rings. The summed E-state index contributed by atoms with van der Waals surface area (Å²) in [5, 5.41) is 6.08. The van der Waals surface area contributed by atoms with Crippen molar-refractivity contribution in [3.8, 4) is 5.75 Å². The fourth-order valence-corrected chi connectivity index (χ4v) is 4.66. The normalized spacial score (nSPS) is 18.6. The second-order valence-corrected chi connectivity index (χ2v) is 8.29. The molecule has 2 N–H and O–H groups in total. The Morgan fingerprint density at radius 3 is 2.78 bits per heavy atom. The van der Waals surface area contributed by atoms with Gasteiger partial charge in [0.1, 0.15) is 10.6 Å². The van der Waals surface area contributed by atoms with Crippen LogP contribution in [0.5, 0.6) is 5.75 Å². The van der Waals surface area contributed by atoms with Crippen LogP contribution in [-0.4, -0.2) is 71.7 Å². The molecule has 9 heteroatoms. The van der Waals surface area contributed by atoms with Crippen molar-refractivity contribution in [2.45, 2.75) is 11.3 Å². The Bertz CT molecular complexity index is 816. The third-order valence-electron chi connectivity index (χ3n) is 4.65. The van der Waals surface area contributed by atoms with E-state index in [9.17, 15) is 13.2 Å². The van der Waals surface area contributed by atoms with E-state index in [4.69, 9.17) is 9.47 Å². The summed E-state index contributed by atoms with van der Waals surface area (Å²) in [5.74, 6) is -0.0883.